The van der Waals surface area contributed by atoms with Gasteiger partial charge in [-0.1, -0.05) is 0 Å². The number of hydrogen-bond donors (Lipinski definition) is 1. The van der Waals surface area contributed by atoms with Crippen LogP contribution in [0.1, 0.15) is 20.8 Å². The number of nitrogens with one attached hydrogen (secondary N) is 1. The molecule has 0 unspecified atom stereocenters. The van der Waals surface area contributed by atoms with Gasteiger partial charge in [-0.05, 0) is 6.07 Å². The number of rotatable bonds is 2. The standard InChI is InChI=1S/C8H9NO4/c1-12-7(10)5-3-4-9-6(5)8(11)13-2/h3-4,9H,1-2H3. The van der Waals surface area contributed by atoms with Crippen molar-refractivity contribution in [1.82, 2.24) is 4.98 Å². The maximum absolute atomic E-state index is 11.1. The lowest BCUT2D eigenvalue weighted by atomic mass is 10.2. The fourth-order valence-corrected chi connectivity index (χ4v) is 0.920. The first-order valence-corrected chi connectivity index (χ1v) is 3.54. The van der Waals surface area contributed by atoms with Crippen LogP contribution in [0.15, 0.2) is 12.3 Å². The van der Waals surface area contributed by atoms with Crippen molar-refractivity contribution < 1.29 is 19.1 Å². The van der Waals surface area contributed by atoms with Crippen molar-refractivity contribution in [3.8, 4) is 0 Å². The predicted molar refractivity (Wildman–Crippen MR) is 43.5 cm³/mol. The van der Waals surface area contributed by atoms with Gasteiger partial charge in [0.05, 0.1) is 19.8 Å². The van der Waals surface area contributed by atoms with E-state index in [1.807, 2.05) is 0 Å². The molecule has 0 saturated carbocycles. The molecule has 0 atom stereocenters. The molecule has 1 aromatic rings. The van der Waals surface area contributed by atoms with Crippen LogP contribution in [-0.2, 0) is 9.47 Å². The van der Waals surface area contributed by atoms with E-state index in [4.69, 9.17) is 0 Å². The number of ether oxygens (including phenoxy) is 2. The monoisotopic (exact) mass is 183 g/mol. The molecule has 0 fully saturated rings. The highest BCUT2D eigenvalue weighted by Gasteiger charge is 2.18. The highest BCUT2D eigenvalue weighted by atomic mass is 16.5. The van der Waals surface area contributed by atoms with Crippen LogP contribution in [0.4, 0.5) is 0 Å². The second kappa shape index (κ2) is 3.75. The van der Waals surface area contributed by atoms with Gasteiger partial charge in [-0.25, -0.2) is 9.59 Å². The molecule has 0 saturated heterocycles. The van der Waals surface area contributed by atoms with Crippen molar-refractivity contribution in [2.45, 2.75) is 0 Å². The molecule has 5 nitrogen and oxygen atoms in total. The Morgan fingerprint density at radius 2 is 1.85 bits per heavy atom. The summed E-state index contributed by atoms with van der Waals surface area (Å²) in [5, 5.41) is 0. The van der Waals surface area contributed by atoms with Crippen LogP contribution in [0.5, 0.6) is 0 Å². The van der Waals surface area contributed by atoms with Gasteiger partial charge in [0.25, 0.3) is 0 Å². The summed E-state index contributed by atoms with van der Waals surface area (Å²) in [5.41, 5.74) is 0.281. The first-order valence-electron chi connectivity index (χ1n) is 3.54. The van der Waals surface area contributed by atoms with E-state index < -0.39 is 11.9 Å². The zero-order chi connectivity index (χ0) is 9.84. The summed E-state index contributed by atoms with van der Waals surface area (Å²) in [6, 6.07) is 1.46. The lowest BCUT2D eigenvalue weighted by molar-refractivity contribution is 0.0552. The molecule has 0 bridgehead atoms. The number of H-pyrrole nitrogens is 1. The van der Waals surface area contributed by atoms with Gasteiger partial charge < -0.3 is 14.5 Å². The molecule has 1 rings (SSSR count). The van der Waals surface area contributed by atoms with Crippen LogP contribution >= 0.6 is 0 Å². The molecular weight excluding hydrogens is 174 g/mol. The Morgan fingerprint density at radius 3 is 2.38 bits per heavy atom. The van der Waals surface area contributed by atoms with Gasteiger partial charge in [-0.2, -0.15) is 0 Å². The van der Waals surface area contributed by atoms with Crippen molar-refractivity contribution in [3.63, 3.8) is 0 Å². The summed E-state index contributed by atoms with van der Waals surface area (Å²) in [6.45, 7) is 0. The molecule has 0 aromatic carbocycles. The summed E-state index contributed by atoms with van der Waals surface area (Å²) in [4.78, 5) is 24.7. The minimum absolute atomic E-state index is 0.106. The van der Waals surface area contributed by atoms with E-state index in [9.17, 15) is 9.59 Å². The highest BCUT2D eigenvalue weighted by Crippen LogP contribution is 2.08. The highest BCUT2D eigenvalue weighted by molar-refractivity contribution is 6.01. The van der Waals surface area contributed by atoms with Gasteiger partial charge in [0, 0.05) is 6.20 Å². The van der Waals surface area contributed by atoms with Crippen LogP contribution < -0.4 is 0 Å². The summed E-state index contributed by atoms with van der Waals surface area (Å²) in [6.07, 6.45) is 1.47. The fraction of sp³-hybridized carbons (Fsp3) is 0.250. The summed E-state index contributed by atoms with van der Waals surface area (Å²) >= 11 is 0. The van der Waals surface area contributed by atoms with E-state index in [-0.39, 0.29) is 11.3 Å². The van der Waals surface area contributed by atoms with Gasteiger partial charge in [-0.3, -0.25) is 0 Å². The molecule has 0 radical (unpaired) electrons. The number of carbonyl (C=O) groups is 2. The largest absolute Gasteiger partial charge is 0.465 e. The van der Waals surface area contributed by atoms with Crippen molar-refractivity contribution in [3.05, 3.63) is 23.5 Å². The van der Waals surface area contributed by atoms with Crippen molar-refractivity contribution in [1.29, 1.82) is 0 Å². The van der Waals surface area contributed by atoms with Gasteiger partial charge in [-0.15, -0.1) is 0 Å². The lowest BCUT2D eigenvalue weighted by Crippen LogP contribution is -2.10. The molecule has 0 aliphatic carbocycles. The summed E-state index contributed by atoms with van der Waals surface area (Å²) in [7, 11) is 2.49. The van der Waals surface area contributed by atoms with Gasteiger partial charge in [0.1, 0.15) is 5.69 Å². The SMILES string of the molecule is COC(=O)c1cc[nH]c1C(=O)OC. The minimum atomic E-state index is -0.592. The Balaban J connectivity index is 3.02. The van der Waals surface area contributed by atoms with E-state index in [2.05, 4.69) is 14.5 Å². The molecule has 1 heterocycles. The molecule has 1 aromatic heterocycles. The zero-order valence-electron chi connectivity index (χ0n) is 7.29. The average Bonchev–Trinajstić information content (AvgIpc) is 2.63. The molecule has 13 heavy (non-hydrogen) atoms. The Morgan fingerprint density at radius 1 is 1.23 bits per heavy atom. The van der Waals surface area contributed by atoms with Crippen molar-refractivity contribution in [2.75, 3.05) is 14.2 Å². The first-order chi connectivity index (χ1) is 6.20. The maximum Gasteiger partial charge on any atom is 0.355 e. The number of aromatic nitrogens is 1. The van der Waals surface area contributed by atoms with Crippen molar-refractivity contribution in [2.24, 2.45) is 0 Å². The van der Waals surface area contributed by atoms with Crippen LogP contribution in [-0.4, -0.2) is 31.1 Å². The number of methoxy groups -OCH3 is 2. The average molecular weight is 183 g/mol. The zero-order valence-corrected chi connectivity index (χ0v) is 7.29. The van der Waals surface area contributed by atoms with Crippen LogP contribution in [0.25, 0.3) is 0 Å². The number of hydrogen-bond acceptors (Lipinski definition) is 4. The Hall–Kier alpha value is -1.78. The maximum atomic E-state index is 11.1. The number of carbonyl (C=O) groups excluding carboxylic acids is 2. The predicted octanol–water partition coefficient (Wildman–Crippen LogP) is 0.588. The third-order valence-corrected chi connectivity index (χ3v) is 1.54. The van der Waals surface area contributed by atoms with Crippen LogP contribution in [0.2, 0.25) is 0 Å². The topological polar surface area (TPSA) is 68.4 Å². The van der Waals surface area contributed by atoms with E-state index in [0.29, 0.717) is 0 Å². The molecule has 0 aliphatic heterocycles. The van der Waals surface area contributed by atoms with Gasteiger partial charge in [0.2, 0.25) is 0 Å². The Labute approximate surface area is 74.7 Å². The molecule has 1 N–H and O–H groups in total. The van der Waals surface area contributed by atoms with Crippen LogP contribution in [0, 0.1) is 0 Å². The van der Waals surface area contributed by atoms with E-state index >= 15 is 0 Å². The van der Waals surface area contributed by atoms with E-state index in [1.54, 1.807) is 0 Å². The third-order valence-electron chi connectivity index (χ3n) is 1.54. The van der Waals surface area contributed by atoms with Gasteiger partial charge >= 0.3 is 11.9 Å². The summed E-state index contributed by atoms with van der Waals surface area (Å²) < 4.78 is 8.92. The quantitative estimate of drug-likeness (QED) is 0.681. The molecule has 0 spiro atoms. The third kappa shape index (κ3) is 1.69. The molecule has 0 amide bonds. The van der Waals surface area contributed by atoms with E-state index in [0.717, 1.165) is 0 Å². The first kappa shape index (κ1) is 9.31. The molecule has 5 heteroatoms. The smallest absolute Gasteiger partial charge is 0.355 e. The molecule has 0 aliphatic rings. The Kier molecular flexibility index (Phi) is 2.69. The second-order valence-electron chi connectivity index (χ2n) is 2.25. The van der Waals surface area contributed by atoms with Crippen molar-refractivity contribution >= 4 is 11.9 Å². The fourth-order valence-electron chi connectivity index (χ4n) is 0.920. The van der Waals surface area contributed by atoms with Gasteiger partial charge in [0.15, 0.2) is 0 Å². The number of esters is 2. The lowest BCUT2D eigenvalue weighted by Gasteiger charge is -1.99. The van der Waals surface area contributed by atoms with E-state index in [1.165, 1.54) is 26.5 Å². The second-order valence-corrected chi connectivity index (χ2v) is 2.25. The molecule has 70 valence electrons. The normalized spacial score (nSPS) is 9.38. The summed E-state index contributed by atoms with van der Waals surface area (Å²) in [5.74, 6) is -1.16. The molecular formula is C8H9NO4. The number of aromatic amines is 1. The van der Waals surface area contributed by atoms with Crippen LogP contribution in [0.3, 0.4) is 0 Å². The minimum Gasteiger partial charge on any atom is -0.465 e. The Bertz CT molecular complexity index is 298.